The van der Waals surface area contributed by atoms with E-state index >= 15 is 0 Å². The van der Waals surface area contributed by atoms with Crippen LogP contribution in [0, 0.1) is 6.92 Å². The van der Waals surface area contributed by atoms with Crippen LogP contribution in [-0.2, 0) is 17.1 Å². The van der Waals surface area contributed by atoms with Crippen LogP contribution in [0.1, 0.15) is 30.0 Å². The Morgan fingerprint density at radius 2 is 2.13 bits per heavy atom. The van der Waals surface area contributed by atoms with Crippen molar-refractivity contribution in [1.82, 2.24) is 14.1 Å². The minimum Gasteiger partial charge on any atom is -0.495 e. The van der Waals surface area contributed by atoms with E-state index in [1.807, 2.05) is 26.2 Å². The van der Waals surface area contributed by atoms with Gasteiger partial charge in [0, 0.05) is 25.4 Å². The van der Waals surface area contributed by atoms with Crippen molar-refractivity contribution in [2.75, 3.05) is 13.7 Å². The van der Waals surface area contributed by atoms with Crippen LogP contribution < -0.4 is 4.74 Å². The second kappa shape index (κ2) is 5.98. The van der Waals surface area contributed by atoms with E-state index in [0.717, 1.165) is 24.0 Å². The molecular weight excluding hydrogens is 314 g/mol. The molecular formula is C16H21N3O3S. The Balaban J connectivity index is 2.03. The predicted octanol–water partition coefficient (Wildman–Crippen LogP) is 2.26. The monoisotopic (exact) mass is 335 g/mol. The third-order valence-electron chi connectivity index (χ3n) is 4.22. The number of benzene rings is 1. The van der Waals surface area contributed by atoms with Gasteiger partial charge in [0.25, 0.3) is 0 Å². The van der Waals surface area contributed by atoms with Gasteiger partial charge in [0.15, 0.2) is 0 Å². The van der Waals surface area contributed by atoms with Gasteiger partial charge in [-0.25, -0.2) is 8.42 Å². The zero-order valence-corrected chi connectivity index (χ0v) is 14.4. The quantitative estimate of drug-likeness (QED) is 0.860. The van der Waals surface area contributed by atoms with Crippen molar-refractivity contribution >= 4 is 10.0 Å². The van der Waals surface area contributed by atoms with Crippen LogP contribution in [0.4, 0.5) is 0 Å². The second-order valence-electron chi connectivity index (χ2n) is 5.88. The minimum absolute atomic E-state index is 0.168. The summed E-state index contributed by atoms with van der Waals surface area (Å²) < 4.78 is 34.9. The first-order valence-electron chi connectivity index (χ1n) is 7.58. The van der Waals surface area contributed by atoms with Crippen molar-refractivity contribution in [1.29, 1.82) is 0 Å². The molecule has 0 spiro atoms. The molecule has 0 unspecified atom stereocenters. The van der Waals surface area contributed by atoms with Crippen LogP contribution >= 0.6 is 0 Å². The van der Waals surface area contributed by atoms with Gasteiger partial charge in [0.2, 0.25) is 10.0 Å². The summed E-state index contributed by atoms with van der Waals surface area (Å²) in [5.41, 5.74) is 1.82. The highest BCUT2D eigenvalue weighted by atomic mass is 32.2. The van der Waals surface area contributed by atoms with Crippen molar-refractivity contribution in [2.24, 2.45) is 7.05 Å². The molecule has 23 heavy (non-hydrogen) atoms. The Bertz CT molecular complexity index is 814. The fourth-order valence-electron chi connectivity index (χ4n) is 3.08. The average molecular weight is 335 g/mol. The van der Waals surface area contributed by atoms with Crippen molar-refractivity contribution in [3.8, 4) is 5.75 Å². The minimum atomic E-state index is -3.62. The number of aromatic nitrogens is 2. The van der Waals surface area contributed by atoms with Crippen molar-refractivity contribution < 1.29 is 13.2 Å². The number of hydrogen-bond donors (Lipinski definition) is 0. The standard InChI is InChI=1S/C16H21N3O3S/c1-12-6-7-15(22-3)16(9-12)23(20,21)19-8-4-5-14(19)13-10-17-18(2)11-13/h6-7,9-11,14H,4-5,8H2,1-3H3/t14-/m0/s1. The molecule has 7 heteroatoms. The number of sulfonamides is 1. The maximum Gasteiger partial charge on any atom is 0.247 e. The van der Waals surface area contributed by atoms with Crippen LogP contribution in [0.3, 0.4) is 0 Å². The summed E-state index contributed by atoms with van der Waals surface area (Å²) in [6.07, 6.45) is 5.27. The van der Waals surface area contributed by atoms with Gasteiger partial charge in [-0.05, 0) is 37.5 Å². The van der Waals surface area contributed by atoms with Gasteiger partial charge >= 0.3 is 0 Å². The Morgan fingerprint density at radius 1 is 1.35 bits per heavy atom. The van der Waals surface area contributed by atoms with E-state index < -0.39 is 10.0 Å². The van der Waals surface area contributed by atoms with E-state index in [-0.39, 0.29) is 10.9 Å². The molecule has 1 atom stereocenters. The summed E-state index contributed by atoms with van der Waals surface area (Å²) in [4.78, 5) is 0.232. The molecule has 3 rings (SSSR count). The molecule has 124 valence electrons. The number of ether oxygens (including phenoxy) is 1. The Kier molecular flexibility index (Phi) is 4.16. The first-order valence-corrected chi connectivity index (χ1v) is 9.02. The summed E-state index contributed by atoms with van der Waals surface area (Å²) >= 11 is 0. The van der Waals surface area contributed by atoms with Gasteiger partial charge in [-0.1, -0.05) is 6.07 Å². The van der Waals surface area contributed by atoms with Crippen LogP contribution in [0.25, 0.3) is 0 Å². The van der Waals surface area contributed by atoms with E-state index in [1.165, 1.54) is 7.11 Å². The molecule has 0 aliphatic carbocycles. The molecule has 1 aromatic carbocycles. The fraction of sp³-hybridized carbons (Fsp3) is 0.438. The number of methoxy groups -OCH3 is 1. The van der Waals surface area contributed by atoms with Crippen LogP contribution in [0.15, 0.2) is 35.5 Å². The largest absolute Gasteiger partial charge is 0.495 e. The van der Waals surface area contributed by atoms with Crippen molar-refractivity contribution in [3.63, 3.8) is 0 Å². The first-order chi connectivity index (χ1) is 10.9. The van der Waals surface area contributed by atoms with Gasteiger partial charge in [-0.15, -0.1) is 0 Å². The summed E-state index contributed by atoms with van der Waals surface area (Å²) in [6, 6.07) is 5.06. The molecule has 2 aromatic rings. The smallest absolute Gasteiger partial charge is 0.247 e. The van der Waals surface area contributed by atoms with E-state index in [1.54, 1.807) is 27.3 Å². The topological polar surface area (TPSA) is 64.4 Å². The zero-order chi connectivity index (χ0) is 16.6. The summed E-state index contributed by atoms with van der Waals surface area (Å²) in [5, 5.41) is 4.17. The van der Waals surface area contributed by atoms with Crippen LogP contribution in [-0.4, -0.2) is 36.2 Å². The molecule has 1 saturated heterocycles. The highest BCUT2D eigenvalue weighted by Gasteiger charge is 2.38. The van der Waals surface area contributed by atoms with Gasteiger partial charge in [0.05, 0.1) is 19.3 Å². The zero-order valence-electron chi connectivity index (χ0n) is 13.6. The maximum atomic E-state index is 13.2. The molecule has 1 aliphatic heterocycles. The number of nitrogens with zero attached hydrogens (tertiary/aromatic N) is 3. The van der Waals surface area contributed by atoms with Gasteiger partial charge in [-0.3, -0.25) is 4.68 Å². The first kappa shape index (κ1) is 16.0. The lowest BCUT2D eigenvalue weighted by molar-refractivity contribution is 0.380. The second-order valence-corrected chi connectivity index (χ2v) is 7.73. The maximum absolute atomic E-state index is 13.2. The SMILES string of the molecule is COc1ccc(C)cc1S(=O)(=O)N1CCC[C@H]1c1cnn(C)c1. The summed E-state index contributed by atoms with van der Waals surface area (Å²) in [6.45, 7) is 2.39. The summed E-state index contributed by atoms with van der Waals surface area (Å²) in [5.74, 6) is 0.382. The number of hydrogen-bond acceptors (Lipinski definition) is 4. The highest BCUT2D eigenvalue weighted by Crippen LogP contribution is 2.38. The normalized spacial score (nSPS) is 19.2. The Hall–Kier alpha value is -1.86. The van der Waals surface area contributed by atoms with Gasteiger partial charge < -0.3 is 4.74 Å². The third kappa shape index (κ3) is 2.86. The van der Waals surface area contributed by atoms with E-state index in [9.17, 15) is 8.42 Å². The van der Waals surface area contributed by atoms with Crippen molar-refractivity contribution in [2.45, 2.75) is 30.7 Å². The molecule has 0 N–H and O–H groups in total. The third-order valence-corrected chi connectivity index (χ3v) is 6.15. The molecule has 6 nitrogen and oxygen atoms in total. The molecule has 0 amide bonds. The van der Waals surface area contributed by atoms with Crippen LogP contribution in [0.2, 0.25) is 0 Å². The van der Waals surface area contributed by atoms with Crippen LogP contribution in [0.5, 0.6) is 5.75 Å². The number of aryl methyl sites for hydroxylation is 2. The number of rotatable bonds is 4. The predicted molar refractivity (Wildman–Crippen MR) is 86.8 cm³/mol. The van der Waals surface area contributed by atoms with Gasteiger partial charge in [0.1, 0.15) is 10.6 Å². The lowest BCUT2D eigenvalue weighted by Crippen LogP contribution is -2.31. The van der Waals surface area contributed by atoms with E-state index in [0.29, 0.717) is 12.3 Å². The highest BCUT2D eigenvalue weighted by molar-refractivity contribution is 7.89. The molecule has 0 bridgehead atoms. The molecule has 1 aliphatic rings. The van der Waals surface area contributed by atoms with E-state index in [2.05, 4.69) is 5.10 Å². The van der Waals surface area contributed by atoms with Crippen molar-refractivity contribution in [3.05, 3.63) is 41.7 Å². The molecule has 1 fully saturated rings. The van der Waals surface area contributed by atoms with E-state index in [4.69, 9.17) is 4.74 Å². The molecule has 1 aromatic heterocycles. The Labute approximate surface area is 136 Å². The molecule has 0 saturated carbocycles. The molecule has 0 radical (unpaired) electrons. The fourth-order valence-corrected chi connectivity index (χ4v) is 5.01. The summed E-state index contributed by atoms with van der Waals surface area (Å²) in [7, 11) is -0.294. The Morgan fingerprint density at radius 3 is 2.78 bits per heavy atom. The lowest BCUT2D eigenvalue weighted by atomic mass is 10.1. The molecule has 2 heterocycles. The lowest BCUT2D eigenvalue weighted by Gasteiger charge is -2.24. The van der Waals surface area contributed by atoms with Gasteiger partial charge in [-0.2, -0.15) is 9.40 Å². The average Bonchev–Trinajstić information content (AvgIpc) is 3.15.